The van der Waals surface area contributed by atoms with Crippen LogP contribution in [0.4, 0.5) is 0 Å². The zero-order valence-corrected chi connectivity index (χ0v) is 11.3. The Morgan fingerprint density at radius 1 is 1.42 bits per heavy atom. The van der Waals surface area contributed by atoms with Crippen molar-refractivity contribution in [2.75, 3.05) is 0 Å². The Bertz CT molecular complexity index is 516. The van der Waals surface area contributed by atoms with Crippen molar-refractivity contribution >= 4 is 5.97 Å². The molecule has 0 atom stereocenters. The first-order valence-corrected chi connectivity index (χ1v) is 6.90. The highest BCUT2D eigenvalue weighted by atomic mass is 16.4. The molecule has 104 valence electrons. The van der Waals surface area contributed by atoms with Crippen LogP contribution in [0, 0.1) is 12.8 Å². The third-order valence-corrected chi connectivity index (χ3v) is 3.89. The van der Waals surface area contributed by atoms with Crippen molar-refractivity contribution in [2.24, 2.45) is 5.92 Å². The van der Waals surface area contributed by atoms with E-state index < -0.39 is 5.97 Å². The summed E-state index contributed by atoms with van der Waals surface area (Å²) in [6, 6.07) is 1.17. The molecule has 1 saturated carbocycles. The summed E-state index contributed by atoms with van der Waals surface area (Å²) in [6.07, 6.45) is 7.32. The molecule has 0 unspecified atom stereocenters. The number of aromatic nitrogens is 2. The molecule has 5 heteroatoms. The standard InChI is InChI=1S/C14H20N2O3/c1-10-12(14(18)19)9-13(17)16(15-10)8-7-11-5-3-2-4-6-11/h9,11H,2-8H2,1H3,(H,18,19). The minimum absolute atomic E-state index is 0.00100. The molecule has 1 aromatic heterocycles. The summed E-state index contributed by atoms with van der Waals surface area (Å²) in [5, 5.41) is 13.0. The molecule has 1 aromatic rings. The first kappa shape index (κ1) is 13.8. The lowest BCUT2D eigenvalue weighted by molar-refractivity contribution is 0.0694. The van der Waals surface area contributed by atoms with Gasteiger partial charge in [0.1, 0.15) is 0 Å². The molecule has 0 aromatic carbocycles. The Morgan fingerprint density at radius 2 is 2.11 bits per heavy atom. The van der Waals surface area contributed by atoms with Crippen LogP contribution in [0.3, 0.4) is 0 Å². The first-order chi connectivity index (χ1) is 9.08. The summed E-state index contributed by atoms with van der Waals surface area (Å²) in [5.74, 6) is -0.413. The van der Waals surface area contributed by atoms with E-state index in [4.69, 9.17) is 5.11 Å². The fourth-order valence-electron chi connectivity index (χ4n) is 2.74. The summed E-state index contributed by atoms with van der Waals surface area (Å²) in [4.78, 5) is 22.7. The number of rotatable bonds is 4. The number of aryl methyl sites for hydroxylation is 2. The van der Waals surface area contributed by atoms with Crippen LogP contribution in [-0.2, 0) is 6.54 Å². The van der Waals surface area contributed by atoms with Crippen molar-refractivity contribution < 1.29 is 9.90 Å². The normalized spacial score (nSPS) is 16.5. The molecule has 1 fully saturated rings. The van der Waals surface area contributed by atoms with Gasteiger partial charge in [0.2, 0.25) is 0 Å². The molecule has 0 saturated heterocycles. The zero-order valence-electron chi connectivity index (χ0n) is 11.3. The predicted molar refractivity (Wildman–Crippen MR) is 71.4 cm³/mol. The predicted octanol–water partition coefficient (Wildman–Crippen LogP) is 2.22. The van der Waals surface area contributed by atoms with E-state index in [1.165, 1.54) is 42.9 Å². The van der Waals surface area contributed by atoms with Gasteiger partial charge in [0.15, 0.2) is 0 Å². The van der Waals surface area contributed by atoms with E-state index in [1.807, 2.05) is 0 Å². The molecule has 1 N–H and O–H groups in total. The number of nitrogens with zero attached hydrogens (tertiary/aromatic N) is 2. The Labute approximate surface area is 112 Å². The quantitative estimate of drug-likeness (QED) is 0.905. The van der Waals surface area contributed by atoms with E-state index in [9.17, 15) is 9.59 Å². The van der Waals surface area contributed by atoms with E-state index >= 15 is 0 Å². The highest BCUT2D eigenvalue weighted by molar-refractivity contribution is 5.88. The monoisotopic (exact) mass is 264 g/mol. The van der Waals surface area contributed by atoms with Crippen molar-refractivity contribution in [3.8, 4) is 0 Å². The van der Waals surface area contributed by atoms with Crippen LogP contribution >= 0.6 is 0 Å². The molecule has 0 radical (unpaired) electrons. The second-order valence-corrected chi connectivity index (χ2v) is 5.30. The Morgan fingerprint density at radius 3 is 2.74 bits per heavy atom. The van der Waals surface area contributed by atoms with Crippen molar-refractivity contribution in [3.63, 3.8) is 0 Å². The number of aromatic carboxylic acids is 1. The zero-order chi connectivity index (χ0) is 13.8. The highest BCUT2D eigenvalue weighted by Gasteiger charge is 2.15. The van der Waals surface area contributed by atoms with Crippen molar-refractivity contribution in [3.05, 3.63) is 27.7 Å². The Balaban J connectivity index is 2.06. The summed E-state index contributed by atoms with van der Waals surface area (Å²) in [7, 11) is 0. The molecule has 1 aliphatic rings. The average molecular weight is 264 g/mol. The summed E-state index contributed by atoms with van der Waals surface area (Å²) < 4.78 is 1.40. The van der Waals surface area contributed by atoms with E-state index in [0.717, 1.165) is 6.42 Å². The summed E-state index contributed by atoms with van der Waals surface area (Å²) in [6.45, 7) is 2.21. The van der Waals surface area contributed by atoms with Gasteiger partial charge in [-0.1, -0.05) is 32.1 Å². The van der Waals surface area contributed by atoms with Crippen LogP contribution in [0.15, 0.2) is 10.9 Å². The fourth-order valence-corrected chi connectivity index (χ4v) is 2.74. The topological polar surface area (TPSA) is 72.2 Å². The minimum atomic E-state index is -1.10. The number of hydrogen-bond acceptors (Lipinski definition) is 3. The largest absolute Gasteiger partial charge is 0.478 e. The number of carbonyl (C=O) groups is 1. The van der Waals surface area contributed by atoms with Crippen LogP contribution in [0.25, 0.3) is 0 Å². The van der Waals surface area contributed by atoms with Gasteiger partial charge in [0, 0.05) is 12.6 Å². The molecule has 2 rings (SSSR count). The second-order valence-electron chi connectivity index (χ2n) is 5.30. The first-order valence-electron chi connectivity index (χ1n) is 6.90. The third kappa shape index (κ3) is 3.43. The van der Waals surface area contributed by atoms with Gasteiger partial charge in [-0.2, -0.15) is 5.10 Å². The third-order valence-electron chi connectivity index (χ3n) is 3.89. The fraction of sp³-hybridized carbons (Fsp3) is 0.643. The van der Waals surface area contributed by atoms with E-state index in [-0.39, 0.29) is 11.1 Å². The van der Waals surface area contributed by atoms with Gasteiger partial charge in [-0.25, -0.2) is 9.48 Å². The maximum Gasteiger partial charge on any atom is 0.337 e. The van der Waals surface area contributed by atoms with Gasteiger partial charge in [-0.15, -0.1) is 0 Å². The molecule has 0 amide bonds. The molecule has 19 heavy (non-hydrogen) atoms. The van der Waals surface area contributed by atoms with Crippen LogP contribution < -0.4 is 5.56 Å². The van der Waals surface area contributed by atoms with Crippen molar-refractivity contribution in [1.29, 1.82) is 0 Å². The van der Waals surface area contributed by atoms with Gasteiger partial charge in [-0.3, -0.25) is 4.79 Å². The molecule has 1 heterocycles. The van der Waals surface area contributed by atoms with Crippen LogP contribution in [0.1, 0.15) is 54.6 Å². The highest BCUT2D eigenvalue weighted by Crippen LogP contribution is 2.26. The second kappa shape index (κ2) is 5.99. The molecule has 5 nitrogen and oxygen atoms in total. The van der Waals surface area contributed by atoms with E-state index in [0.29, 0.717) is 18.2 Å². The van der Waals surface area contributed by atoms with Gasteiger partial charge in [-0.05, 0) is 19.3 Å². The molecule has 0 spiro atoms. The van der Waals surface area contributed by atoms with Crippen LogP contribution in [-0.4, -0.2) is 20.9 Å². The average Bonchev–Trinajstić information content (AvgIpc) is 2.40. The SMILES string of the molecule is Cc1nn(CCC2CCCCC2)c(=O)cc1C(=O)O. The lowest BCUT2D eigenvalue weighted by Gasteiger charge is -2.21. The maximum atomic E-state index is 11.8. The summed E-state index contributed by atoms with van der Waals surface area (Å²) >= 11 is 0. The maximum absolute atomic E-state index is 11.8. The molecular formula is C14H20N2O3. The number of hydrogen-bond donors (Lipinski definition) is 1. The van der Waals surface area contributed by atoms with Crippen molar-refractivity contribution in [1.82, 2.24) is 9.78 Å². The smallest absolute Gasteiger partial charge is 0.337 e. The van der Waals surface area contributed by atoms with Crippen molar-refractivity contribution in [2.45, 2.75) is 52.0 Å². The van der Waals surface area contributed by atoms with Gasteiger partial charge in [0.05, 0.1) is 11.3 Å². The summed E-state index contributed by atoms with van der Waals surface area (Å²) in [5.41, 5.74) is 0.0773. The minimum Gasteiger partial charge on any atom is -0.478 e. The Kier molecular flexibility index (Phi) is 4.35. The van der Waals surface area contributed by atoms with Gasteiger partial charge in [0.25, 0.3) is 5.56 Å². The Hall–Kier alpha value is -1.65. The molecule has 0 bridgehead atoms. The molecular weight excluding hydrogens is 244 g/mol. The molecule has 0 aliphatic heterocycles. The number of carboxylic acids is 1. The number of carboxylic acid groups (broad SMARTS) is 1. The van der Waals surface area contributed by atoms with E-state index in [2.05, 4.69) is 5.10 Å². The lowest BCUT2D eigenvalue weighted by Crippen LogP contribution is -2.26. The molecule has 1 aliphatic carbocycles. The lowest BCUT2D eigenvalue weighted by atomic mass is 9.87. The van der Waals surface area contributed by atoms with Crippen LogP contribution in [0.2, 0.25) is 0 Å². The van der Waals surface area contributed by atoms with E-state index in [1.54, 1.807) is 6.92 Å². The van der Waals surface area contributed by atoms with Gasteiger partial charge >= 0.3 is 5.97 Å². The van der Waals surface area contributed by atoms with Gasteiger partial charge < -0.3 is 5.11 Å². The van der Waals surface area contributed by atoms with Crippen LogP contribution in [0.5, 0.6) is 0 Å².